The van der Waals surface area contributed by atoms with E-state index in [4.69, 9.17) is 0 Å². The third-order valence-corrected chi connectivity index (χ3v) is 5.74. The largest absolute Gasteiger partial charge is 0.338 e. The first kappa shape index (κ1) is 16.5. The molecule has 2 heterocycles. The van der Waals surface area contributed by atoms with Crippen molar-refractivity contribution in [3.63, 3.8) is 0 Å². The third kappa shape index (κ3) is 4.36. The Labute approximate surface area is 142 Å². The summed E-state index contributed by atoms with van der Waals surface area (Å²) in [4.78, 5) is 27.9. The molecule has 0 aliphatic carbocycles. The van der Waals surface area contributed by atoms with Crippen LogP contribution in [0.25, 0.3) is 0 Å². The van der Waals surface area contributed by atoms with Gasteiger partial charge in [-0.3, -0.25) is 14.5 Å². The lowest BCUT2D eigenvalue weighted by Gasteiger charge is -2.25. The molecule has 5 heteroatoms. The normalized spacial score (nSPS) is 25.3. The molecule has 0 bridgehead atoms. The van der Waals surface area contributed by atoms with Gasteiger partial charge in [0.2, 0.25) is 5.91 Å². The number of amides is 1. The number of carbonyl (C=O) groups excluding carboxylic acids is 2. The minimum absolute atomic E-state index is 0.144. The van der Waals surface area contributed by atoms with Crippen LogP contribution in [-0.2, 0) is 16.1 Å². The average molecular weight is 332 g/mol. The van der Waals surface area contributed by atoms with Crippen LogP contribution < -0.4 is 0 Å². The fraction of sp³-hybridized carbons (Fsp3) is 0.556. The predicted octanol–water partition coefficient (Wildman–Crippen LogP) is 2.39. The molecule has 2 atom stereocenters. The molecule has 0 spiro atoms. The molecule has 0 N–H and O–H groups in total. The van der Waals surface area contributed by atoms with Crippen LogP contribution in [0.1, 0.15) is 25.3 Å². The highest BCUT2D eigenvalue weighted by atomic mass is 32.2. The van der Waals surface area contributed by atoms with Crippen LogP contribution in [0.3, 0.4) is 0 Å². The first-order chi connectivity index (χ1) is 11.1. The topological polar surface area (TPSA) is 40.6 Å². The minimum atomic E-state index is 0.144. The molecule has 0 saturated carbocycles. The summed E-state index contributed by atoms with van der Waals surface area (Å²) >= 11 is 1.35. The van der Waals surface area contributed by atoms with Crippen molar-refractivity contribution in [1.82, 2.24) is 9.80 Å². The number of benzene rings is 1. The smallest absolute Gasteiger partial charge is 0.223 e. The molecule has 124 valence electrons. The lowest BCUT2D eigenvalue weighted by Crippen LogP contribution is -2.38. The number of likely N-dealkylation sites (tertiary alicyclic amines) is 2. The second kappa shape index (κ2) is 7.49. The Balaban J connectivity index is 1.50. The fourth-order valence-electron chi connectivity index (χ4n) is 3.56. The molecule has 23 heavy (non-hydrogen) atoms. The maximum atomic E-state index is 12.3. The van der Waals surface area contributed by atoms with Gasteiger partial charge in [-0.15, -0.1) is 0 Å². The second-order valence-corrected chi connectivity index (χ2v) is 7.78. The van der Waals surface area contributed by atoms with Crippen LogP contribution in [0.4, 0.5) is 0 Å². The molecule has 1 aromatic rings. The van der Waals surface area contributed by atoms with E-state index in [2.05, 4.69) is 34.1 Å². The lowest BCUT2D eigenvalue weighted by atomic mass is 10.1. The Bertz CT molecular complexity index is 563. The van der Waals surface area contributed by atoms with E-state index >= 15 is 0 Å². The average Bonchev–Trinajstić information content (AvgIpc) is 3.12. The number of thioether (sulfide) groups is 1. The van der Waals surface area contributed by atoms with Crippen LogP contribution in [0.15, 0.2) is 30.3 Å². The van der Waals surface area contributed by atoms with Gasteiger partial charge >= 0.3 is 0 Å². The van der Waals surface area contributed by atoms with Gasteiger partial charge in [-0.1, -0.05) is 42.1 Å². The van der Waals surface area contributed by atoms with E-state index in [-0.39, 0.29) is 11.0 Å². The molecule has 2 saturated heterocycles. The van der Waals surface area contributed by atoms with Crippen molar-refractivity contribution < 1.29 is 9.59 Å². The fourth-order valence-corrected chi connectivity index (χ4v) is 4.25. The summed E-state index contributed by atoms with van der Waals surface area (Å²) in [5.41, 5.74) is 1.33. The van der Waals surface area contributed by atoms with Crippen LogP contribution in [0, 0.1) is 5.92 Å². The zero-order chi connectivity index (χ0) is 16.2. The lowest BCUT2D eigenvalue weighted by molar-refractivity contribution is -0.129. The monoisotopic (exact) mass is 332 g/mol. The van der Waals surface area contributed by atoms with Gasteiger partial charge in [-0.2, -0.15) is 0 Å². The number of carbonyl (C=O) groups is 2. The van der Waals surface area contributed by atoms with Crippen molar-refractivity contribution in [2.45, 2.75) is 32.4 Å². The number of rotatable bonds is 5. The van der Waals surface area contributed by atoms with Crippen LogP contribution >= 0.6 is 11.8 Å². The van der Waals surface area contributed by atoms with E-state index in [0.29, 0.717) is 18.4 Å². The van der Waals surface area contributed by atoms with Crippen LogP contribution in [0.2, 0.25) is 0 Å². The van der Waals surface area contributed by atoms with Crippen LogP contribution in [0.5, 0.6) is 0 Å². The molecule has 1 aromatic carbocycles. The number of hydrogen-bond acceptors (Lipinski definition) is 4. The predicted molar refractivity (Wildman–Crippen MR) is 93.1 cm³/mol. The summed E-state index contributed by atoms with van der Waals surface area (Å²) in [7, 11) is 0. The summed E-state index contributed by atoms with van der Waals surface area (Å²) in [5.74, 6) is 1.38. The maximum absolute atomic E-state index is 12.3. The summed E-state index contributed by atoms with van der Waals surface area (Å²) in [5, 5.41) is 0.144. The molecule has 3 rings (SSSR count). The van der Waals surface area contributed by atoms with Crippen LogP contribution in [-0.4, -0.2) is 52.3 Å². The Kier molecular flexibility index (Phi) is 5.38. The van der Waals surface area contributed by atoms with Gasteiger partial charge in [-0.25, -0.2) is 0 Å². The second-order valence-electron chi connectivity index (χ2n) is 6.58. The van der Waals surface area contributed by atoms with Gasteiger partial charge in [0, 0.05) is 51.3 Å². The van der Waals surface area contributed by atoms with E-state index in [1.165, 1.54) is 17.3 Å². The molecule has 2 aliphatic rings. The van der Waals surface area contributed by atoms with E-state index in [0.717, 1.165) is 38.4 Å². The Morgan fingerprint density at radius 3 is 2.78 bits per heavy atom. The number of hydrogen-bond donors (Lipinski definition) is 0. The van der Waals surface area contributed by atoms with Gasteiger partial charge in [-0.05, 0) is 17.9 Å². The Morgan fingerprint density at radius 2 is 2.04 bits per heavy atom. The van der Waals surface area contributed by atoms with Gasteiger partial charge < -0.3 is 4.90 Å². The van der Waals surface area contributed by atoms with Crippen molar-refractivity contribution >= 4 is 22.8 Å². The van der Waals surface area contributed by atoms with E-state index in [1.807, 2.05) is 6.07 Å². The highest BCUT2D eigenvalue weighted by molar-refractivity contribution is 8.13. The van der Waals surface area contributed by atoms with Gasteiger partial charge in [0.15, 0.2) is 5.12 Å². The summed E-state index contributed by atoms with van der Waals surface area (Å²) < 4.78 is 0. The van der Waals surface area contributed by atoms with E-state index in [9.17, 15) is 9.59 Å². The quantitative estimate of drug-likeness (QED) is 0.830. The van der Waals surface area contributed by atoms with Crippen molar-refractivity contribution in [3.05, 3.63) is 35.9 Å². The molecule has 0 radical (unpaired) electrons. The summed E-state index contributed by atoms with van der Waals surface area (Å²) in [6.07, 6.45) is 1.67. The molecule has 0 aromatic heterocycles. The molecule has 4 nitrogen and oxygen atoms in total. The minimum Gasteiger partial charge on any atom is -0.338 e. The standard InChI is InChI=1S/C18H24N2O2S/c1-14(21)23-13-16-9-18(22)20(11-16)17-7-8-19(12-17)10-15-5-3-2-4-6-15/h2-6,16-17H,7-13H2,1H3. The highest BCUT2D eigenvalue weighted by Gasteiger charge is 2.37. The molecular formula is C18H24N2O2S. The molecule has 2 aliphatic heterocycles. The maximum Gasteiger partial charge on any atom is 0.223 e. The third-order valence-electron chi connectivity index (χ3n) is 4.70. The van der Waals surface area contributed by atoms with E-state index in [1.54, 1.807) is 6.92 Å². The summed E-state index contributed by atoms with van der Waals surface area (Å²) in [6, 6.07) is 10.8. The Morgan fingerprint density at radius 1 is 1.26 bits per heavy atom. The zero-order valence-electron chi connectivity index (χ0n) is 13.6. The Hall–Kier alpha value is -1.33. The molecule has 2 unspecified atom stereocenters. The van der Waals surface area contributed by atoms with Crippen molar-refractivity contribution in [2.24, 2.45) is 5.92 Å². The highest BCUT2D eigenvalue weighted by Crippen LogP contribution is 2.27. The first-order valence-corrected chi connectivity index (χ1v) is 9.29. The van der Waals surface area contributed by atoms with Crippen molar-refractivity contribution in [3.8, 4) is 0 Å². The van der Waals surface area contributed by atoms with Crippen molar-refractivity contribution in [2.75, 3.05) is 25.4 Å². The van der Waals surface area contributed by atoms with Gasteiger partial charge in [0.05, 0.1) is 0 Å². The summed E-state index contributed by atoms with van der Waals surface area (Å²) in [6.45, 7) is 5.40. The van der Waals surface area contributed by atoms with Gasteiger partial charge in [0.1, 0.15) is 0 Å². The first-order valence-electron chi connectivity index (χ1n) is 8.31. The van der Waals surface area contributed by atoms with Crippen molar-refractivity contribution in [1.29, 1.82) is 0 Å². The van der Waals surface area contributed by atoms with E-state index < -0.39 is 0 Å². The molecular weight excluding hydrogens is 308 g/mol. The number of nitrogens with zero attached hydrogens (tertiary/aromatic N) is 2. The molecule has 2 fully saturated rings. The zero-order valence-corrected chi connectivity index (χ0v) is 14.4. The SMILES string of the molecule is CC(=O)SCC1CC(=O)N(C2CCN(Cc3ccccc3)C2)C1. The van der Waals surface area contributed by atoms with Gasteiger partial charge in [0.25, 0.3) is 0 Å². The molecule has 1 amide bonds.